The van der Waals surface area contributed by atoms with Crippen LogP contribution in [-0.4, -0.2) is 42.0 Å². The SMILES string of the molecule is N#Cc1ccc2c(C3CCN(CCN(C(=O)C4CCCCC4)c4ccc(F)cc4)C3)c[nH]c2c1. The molecule has 5 nitrogen and oxygen atoms in total. The third-order valence-electron chi connectivity index (χ3n) is 7.55. The van der Waals surface area contributed by atoms with Gasteiger partial charge >= 0.3 is 0 Å². The number of nitrogens with one attached hydrogen (secondary N) is 1. The zero-order chi connectivity index (χ0) is 23.5. The first-order valence-electron chi connectivity index (χ1n) is 12.4. The van der Waals surface area contributed by atoms with Gasteiger partial charge in [0.2, 0.25) is 5.91 Å². The maximum absolute atomic E-state index is 13.5. The molecule has 1 N–H and O–H groups in total. The number of aromatic nitrogens is 1. The topological polar surface area (TPSA) is 63.1 Å². The summed E-state index contributed by atoms with van der Waals surface area (Å²) in [7, 11) is 0. The molecule has 2 aliphatic rings. The lowest BCUT2D eigenvalue weighted by Crippen LogP contribution is -2.42. The molecule has 1 aliphatic carbocycles. The van der Waals surface area contributed by atoms with Gasteiger partial charge in [0.25, 0.3) is 0 Å². The fourth-order valence-corrected chi connectivity index (χ4v) is 5.64. The Morgan fingerprint density at radius 1 is 1.12 bits per heavy atom. The fraction of sp³-hybridized carbons (Fsp3) is 0.429. The number of carbonyl (C=O) groups excluding carboxylic acids is 1. The van der Waals surface area contributed by atoms with Gasteiger partial charge in [0.05, 0.1) is 11.6 Å². The van der Waals surface area contributed by atoms with Crippen LogP contribution in [0, 0.1) is 23.1 Å². The van der Waals surface area contributed by atoms with Crippen LogP contribution in [0.25, 0.3) is 10.9 Å². The zero-order valence-electron chi connectivity index (χ0n) is 19.5. The number of hydrogen-bond donors (Lipinski definition) is 1. The van der Waals surface area contributed by atoms with E-state index in [0.29, 0.717) is 18.0 Å². The van der Waals surface area contributed by atoms with Crippen LogP contribution in [-0.2, 0) is 4.79 Å². The number of rotatable bonds is 6. The Hall–Kier alpha value is -3.17. The normalized spacial score (nSPS) is 19.4. The third kappa shape index (κ3) is 4.71. The van der Waals surface area contributed by atoms with Gasteiger partial charge in [-0.2, -0.15) is 5.26 Å². The van der Waals surface area contributed by atoms with Gasteiger partial charge in [-0.25, -0.2) is 4.39 Å². The minimum atomic E-state index is -0.281. The lowest BCUT2D eigenvalue weighted by atomic mass is 9.88. The average molecular weight is 459 g/mol. The van der Waals surface area contributed by atoms with Gasteiger partial charge in [-0.05, 0) is 73.7 Å². The van der Waals surface area contributed by atoms with Crippen LogP contribution in [0.3, 0.4) is 0 Å². The highest BCUT2D eigenvalue weighted by molar-refractivity contribution is 5.95. The minimum absolute atomic E-state index is 0.0784. The molecular weight excluding hydrogens is 427 g/mol. The lowest BCUT2D eigenvalue weighted by molar-refractivity contribution is -0.123. The lowest BCUT2D eigenvalue weighted by Gasteiger charge is -2.31. The average Bonchev–Trinajstić information content (AvgIpc) is 3.52. The van der Waals surface area contributed by atoms with Crippen molar-refractivity contribution in [3.8, 4) is 6.07 Å². The molecule has 2 aromatic carbocycles. The van der Waals surface area contributed by atoms with Crippen LogP contribution < -0.4 is 4.90 Å². The van der Waals surface area contributed by atoms with E-state index < -0.39 is 0 Å². The minimum Gasteiger partial charge on any atom is -0.361 e. The number of carbonyl (C=O) groups is 1. The number of anilines is 1. The van der Waals surface area contributed by atoms with E-state index >= 15 is 0 Å². The van der Waals surface area contributed by atoms with Gasteiger partial charge in [-0.15, -0.1) is 0 Å². The zero-order valence-corrected chi connectivity index (χ0v) is 19.5. The van der Waals surface area contributed by atoms with Gasteiger partial charge in [0.1, 0.15) is 5.82 Å². The van der Waals surface area contributed by atoms with Gasteiger partial charge in [0, 0.05) is 48.3 Å². The predicted octanol–water partition coefficient (Wildman–Crippen LogP) is 5.58. The number of benzene rings is 2. The summed E-state index contributed by atoms with van der Waals surface area (Å²) in [5.74, 6) is 0.411. The Balaban J connectivity index is 1.27. The van der Waals surface area contributed by atoms with Crippen molar-refractivity contribution in [1.29, 1.82) is 5.26 Å². The van der Waals surface area contributed by atoms with Crippen molar-refractivity contribution in [2.24, 2.45) is 5.92 Å². The van der Waals surface area contributed by atoms with Crippen molar-refractivity contribution in [2.45, 2.75) is 44.4 Å². The number of H-pyrrole nitrogens is 1. The van der Waals surface area contributed by atoms with Crippen molar-refractivity contribution < 1.29 is 9.18 Å². The van der Waals surface area contributed by atoms with Gasteiger partial charge in [0.15, 0.2) is 0 Å². The second-order valence-corrected chi connectivity index (χ2v) is 9.70. The smallest absolute Gasteiger partial charge is 0.230 e. The molecule has 2 fully saturated rings. The molecule has 1 amide bonds. The maximum Gasteiger partial charge on any atom is 0.230 e. The van der Waals surface area contributed by atoms with Crippen molar-refractivity contribution in [2.75, 3.05) is 31.1 Å². The standard InChI is InChI=1S/C28H31FN4O/c29-23-7-9-24(10-8-23)33(28(34)21-4-2-1-3-5-21)15-14-32-13-12-22(19-32)26-18-31-27-16-20(17-30)6-11-25(26)27/h6-11,16,18,21-22,31H,1-5,12-15,19H2. The predicted molar refractivity (Wildman–Crippen MR) is 132 cm³/mol. The second-order valence-electron chi connectivity index (χ2n) is 9.70. The first-order valence-corrected chi connectivity index (χ1v) is 12.4. The van der Waals surface area contributed by atoms with E-state index in [1.165, 1.54) is 29.5 Å². The Morgan fingerprint density at radius 3 is 2.68 bits per heavy atom. The number of fused-ring (bicyclic) bond motifs is 1. The molecule has 5 rings (SSSR count). The van der Waals surface area contributed by atoms with Gasteiger partial charge < -0.3 is 14.8 Å². The molecule has 1 saturated carbocycles. The molecular formula is C28H31FN4O. The summed E-state index contributed by atoms with van der Waals surface area (Å²) in [6.07, 6.45) is 8.50. The Kier molecular flexibility index (Phi) is 6.64. The summed E-state index contributed by atoms with van der Waals surface area (Å²) in [6.45, 7) is 3.35. The molecule has 1 aromatic heterocycles. The monoisotopic (exact) mass is 458 g/mol. The number of likely N-dealkylation sites (tertiary alicyclic amines) is 1. The fourth-order valence-electron chi connectivity index (χ4n) is 5.64. The van der Waals surface area contributed by atoms with Crippen LogP contribution in [0.4, 0.5) is 10.1 Å². The molecule has 1 aliphatic heterocycles. The van der Waals surface area contributed by atoms with Crippen LogP contribution in [0.15, 0.2) is 48.7 Å². The molecule has 2 heterocycles. The van der Waals surface area contributed by atoms with Crippen molar-refractivity contribution in [1.82, 2.24) is 9.88 Å². The van der Waals surface area contributed by atoms with Crippen molar-refractivity contribution in [3.05, 3.63) is 65.6 Å². The molecule has 1 atom stereocenters. The van der Waals surface area contributed by atoms with Gasteiger partial charge in [-0.3, -0.25) is 4.79 Å². The molecule has 34 heavy (non-hydrogen) atoms. The van der Waals surface area contributed by atoms with Crippen LogP contribution in [0.1, 0.15) is 55.6 Å². The van der Waals surface area contributed by atoms with E-state index in [2.05, 4.69) is 22.1 Å². The molecule has 3 aromatic rings. The highest BCUT2D eigenvalue weighted by atomic mass is 19.1. The molecule has 1 unspecified atom stereocenters. The van der Waals surface area contributed by atoms with E-state index in [4.69, 9.17) is 5.26 Å². The quantitative estimate of drug-likeness (QED) is 0.524. The van der Waals surface area contributed by atoms with Crippen LogP contribution in [0.5, 0.6) is 0 Å². The maximum atomic E-state index is 13.5. The first kappa shape index (κ1) is 22.6. The van der Waals surface area contributed by atoms with E-state index in [0.717, 1.165) is 62.9 Å². The first-order chi connectivity index (χ1) is 16.6. The van der Waals surface area contributed by atoms with Crippen LogP contribution >= 0.6 is 0 Å². The third-order valence-corrected chi connectivity index (χ3v) is 7.55. The van der Waals surface area contributed by atoms with Crippen molar-refractivity contribution in [3.63, 3.8) is 0 Å². The molecule has 0 radical (unpaired) electrons. The number of halogens is 1. The molecule has 1 saturated heterocycles. The molecule has 0 spiro atoms. The van der Waals surface area contributed by atoms with E-state index in [1.54, 1.807) is 12.1 Å². The summed E-state index contributed by atoms with van der Waals surface area (Å²) < 4.78 is 13.5. The van der Waals surface area contributed by atoms with E-state index in [-0.39, 0.29) is 17.6 Å². The molecule has 0 bridgehead atoms. The summed E-state index contributed by atoms with van der Waals surface area (Å²) in [4.78, 5) is 21.1. The highest BCUT2D eigenvalue weighted by Crippen LogP contribution is 2.33. The van der Waals surface area contributed by atoms with E-state index in [1.807, 2.05) is 23.1 Å². The summed E-state index contributed by atoms with van der Waals surface area (Å²) in [5.41, 5.74) is 3.76. The number of nitriles is 1. The Labute approximate surface area is 200 Å². The van der Waals surface area contributed by atoms with Crippen molar-refractivity contribution >= 4 is 22.5 Å². The number of hydrogen-bond acceptors (Lipinski definition) is 3. The Bertz CT molecular complexity index is 1190. The largest absolute Gasteiger partial charge is 0.361 e. The van der Waals surface area contributed by atoms with Gasteiger partial charge in [-0.1, -0.05) is 25.3 Å². The summed E-state index contributed by atoms with van der Waals surface area (Å²) in [5, 5.41) is 10.3. The molecule has 176 valence electrons. The number of nitrogens with zero attached hydrogens (tertiary/aromatic N) is 3. The van der Waals surface area contributed by atoms with E-state index in [9.17, 15) is 9.18 Å². The second kappa shape index (κ2) is 9.99. The number of amides is 1. The summed E-state index contributed by atoms with van der Waals surface area (Å²) >= 11 is 0. The number of aromatic amines is 1. The molecule has 6 heteroatoms. The summed E-state index contributed by atoms with van der Waals surface area (Å²) in [6, 6.07) is 14.4. The van der Waals surface area contributed by atoms with Crippen LogP contribution in [0.2, 0.25) is 0 Å². The Morgan fingerprint density at radius 2 is 1.91 bits per heavy atom. The highest BCUT2D eigenvalue weighted by Gasteiger charge is 2.29.